The number of nitrogens with one attached hydrogen (secondary N) is 2. The number of carbonyl (C=O) groups is 1. The molecule has 1 atom stereocenters. The minimum absolute atomic E-state index is 0.0750. The van der Waals surface area contributed by atoms with Crippen molar-refractivity contribution in [1.82, 2.24) is 14.3 Å². The number of rotatable bonds is 10. The van der Waals surface area contributed by atoms with Crippen LogP contribution in [0.2, 0.25) is 0 Å². The van der Waals surface area contributed by atoms with E-state index in [4.69, 9.17) is 4.74 Å². The lowest BCUT2D eigenvalue weighted by molar-refractivity contribution is -0.122. The molecule has 38 heavy (non-hydrogen) atoms. The molecule has 0 saturated carbocycles. The molecule has 0 radical (unpaired) electrons. The Hall–Kier alpha value is -3.09. The van der Waals surface area contributed by atoms with E-state index in [1.165, 1.54) is 28.6 Å². The second-order valence-electron chi connectivity index (χ2n) is 9.05. The van der Waals surface area contributed by atoms with Crippen LogP contribution in [0.1, 0.15) is 16.7 Å². The Balaban J connectivity index is 1.45. The molecule has 202 valence electrons. The van der Waals surface area contributed by atoms with Crippen molar-refractivity contribution in [2.24, 2.45) is 0 Å². The van der Waals surface area contributed by atoms with Crippen molar-refractivity contribution >= 4 is 26.0 Å². The summed E-state index contributed by atoms with van der Waals surface area (Å²) in [5.74, 6) is -0.491. The number of amides is 1. The van der Waals surface area contributed by atoms with E-state index in [9.17, 15) is 21.6 Å². The lowest BCUT2D eigenvalue weighted by atomic mass is 10.1. The molecule has 0 bridgehead atoms. The van der Waals surface area contributed by atoms with Crippen LogP contribution in [0.5, 0.6) is 0 Å². The monoisotopic (exact) mass is 557 g/mol. The molecule has 11 heteroatoms. The van der Waals surface area contributed by atoms with Crippen molar-refractivity contribution < 1.29 is 26.4 Å². The van der Waals surface area contributed by atoms with Crippen LogP contribution < -0.4 is 10.0 Å². The molecule has 1 amide bonds. The topological polar surface area (TPSA) is 122 Å². The molecule has 0 unspecified atom stereocenters. The maximum absolute atomic E-state index is 13.2. The first-order valence-electron chi connectivity index (χ1n) is 12.2. The standard InChI is InChI=1S/C27H31N3O6S2/c1-21-7-11-24(12-8-21)37(32,33)29-26(19-22-5-3-2-4-6-22)27(31)28-20-23-9-13-25(14-10-23)38(34,35)30-15-17-36-18-16-30/h2-14,26,29H,15-20H2,1H3,(H,28,31)/t26-/m1/s1. The SMILES string of the molecule is Cc1ccc(S(=O)(=O)N[C@H](Cc2ccccc2)C(=O)NCc2ccc(S(=O)(=O)N3CCOCC3)cc2)cc1. The maximum Gasteiger partial charge on any atom is 0.243 e. The first-order valence-corrected chi connectivity index (χ1v) is 15.1. The lowest BCUT2D eigenvalue weighted by Gasteiger charge is -2.26. The zero-order valence-corrected chi connectivity index (χ0v) is 22.7. The van der Waals surface area contributed by atoms with Crippen LogP contribution in [0, 0.1) is 6.92 Å². The Morgan fingerprint density at radius 3 is 2.08 bits per heavy atom. The number of sulfonamides is 2. The predicted molar refractivity (Wildman–Crippen MR) is 143 cm³/mol. The van der Waals surface area contributed by atoms with Gasteiger partial charge in [0.2, 0.25) is 26.0 Å². The summed E-state index contributed by atoms with van der Waals surface area (Å²) in [6, 6.07) is 20.8. The van der Waals surface area contributed by atoms with Crippen molar-refractivity contribution in [3.05, 3.63) is 95.6 Å². The van der Waals surface area contributed by atoms with Gasteiger partial charge in [-0.15, -0.1) is 0 Å². The van der Waals surface area contributed by atoms with Gasteiger partial charge < -0.3 is 10.1 Å². The molecular formula is C27H31N3O6S2. The van der Waals surface area contributed by atoms with E-state index in [1.54, 1.807) is 24.3 Å². The lowest BCUT2D eigenvalue weighted by Crippen LogP contribution is -2.47. The number of hydrogen-bond acceptors (Lipinski definition) is 6. The highest BCUT2D eigenvalue weighted by molar-refractivity contribution is 7.89. The molecule has 1 fully saturated rings. The smallest absolute Gasteiger partial charge is 0.243 e. The quantitative estimate of drug-likeness (QED) is 0.394. The molecule has 3 aromatic rings. The molecule has 1 saturated heterocycles. The number of ether oxygens (including phenoxy) is 1. The van der Waals surface area contributed by atoms with E-state index in [1.807, 2.05) is 37.3 Å². The summed E-state index contributed by atoms with van der Waals surface area (Å²) < 4.78 is 60.9. The van der Waals surface area contributed by atoms with Gasteiger partial charge in [-0.3, -0.25) is 4.79 Å². The first kappa shape index (κ1) is 27.9. The highest BCUT2D eigenvalue weighted by Crippen LogP contribution is 2.18. The van der Waals surface area contributed by atoms with Crippen LogP contribution >= 0.6 is 0 Å². The van der Waals surface area contributed by atoms with Crippen LogP contribution in [-0.2, 0) is 42.5 Å². The van der Waals surface area contributed by atoms with Crippen molar-refractivity contribution in [3.8, 4) is 0 Å². The molecule has 9 nitrogen and oxygen atoms in total. The molecule has 0 aliphatic carbocycles. The van der Waals surface area contributed by atoms with Crippen LogP contribution in [0.3, 0.4) is 0 Å². The summed E-state index contributed by atoms with van der Waals surface area (Å²) in [4.78, 5) is 13.4. The Labute approximate surface area is 223 Å². The third kappa shape index (κ3) is 7.06. The fraction of sp³-hybridized carbons (Fsp3) is 0.296. The number of aryl methyl sites for hydroxylation is 1. The van der Waals surface area contributed by atoms with Gasteiger partial charge in [0.05, 0.1) is 23.0 Å². The second-order valence-corrected chi connectivity index (χ2v) is 12.7. The van der Waals surface area contributed by atoms with Gasteiger partial charge in [-0.25, -0.2) is 16.8 Å². The van der Waals surface area contributed by atoms with Gasteiger partial charge in [-0.1, -0.05) is 60.2 Å². The van der Waals surface area contributed by atoms with Gasteiger partial charge >= 0.3 is 0 Å². The van der Waals surface area contributed by atoms with Gasteiger partial charge in [0.25, 0.3) is 0 Å². The van der Waals surface area contributed by atoms with E-state index in [2.05, 4.69) is 10.0 Å². The van der Waals surface area contributed by atoms with Crippen molar-refractivity contribution in [1.29, 1.82) is 0 Å². The number of morpholine rings is 1. The van der Waals surface area contributed by atoms with E-state index < -0.39 is 32.0 Å². The molecule has 0 aromatic heterocycles. The third-order valence-electron chi connectivity index (χ3n) is 6.23. The minimum atomic E-state index is -3.95. The number of hydrogen-bond donors (Lipinski definition) is 2. The Morgan fingerprint density at radius 1 is 0.842 bits per heavy atom. The highest BCUT2D eigenvalue weighted by Gasteiger charge is 2.27. The van der Waals surface area contributed by atoms with Crippen LogP contribution in [0.4, 0.5) is 0 Å². The largest absolute Gasteiger partial charge is 0.379 e. The molecule has 1 aliphatic rings. The average molecular weight is 558 g/mol. The third-order valence-corrected chi connectivity index (χ3v) is 9.63. The van der Waals surface area contributed by atoms with Crippen molar-refractivity contribution in [3.63, 3.8) is 0 Å². The fourth-order valence-electron chi connectivity index (χ4n) is 4.04. The second kappa shape index (κ2) is 12.2. The van der Waals surface area contributed by atoms with E-state index in [-0.39, 0.29) is 22.8 Å². The number of carbonyl (C=O) groups excluding carboxylic acids is 1. The first-order chi connectivity index (χ1) is 18.1. The molecule has 4 rings (SSSR count). The van der Waals surface area contributed by atoms with Gasteiger partial charge in [0.15, 0.2) is 0 Å². The van der Waals surface area contributed by atoms with Crippen LogP contribution in [0.25, 0.3) is 0 Å². The van der Waals surface area contributed by atoms with E-state index in [0.29, 0.717) is 31.9 Å². The average Bonchev–Trinajstić information content (AvgIpc) is 2.93. The molecule has 2 N–H and O–H groups in total. The predicted octanol–water partition coefficient (Wildman–Crippen LogP) is 2.22. The normalized spacial score (nSPS) is 15.6. The summed E-state index contributed by atoms with van der Waals surface area (Å²) >= 11 is 0. The van der Waals surface area contributed by atoms with Crippen LogP contribution in [-0.4, -0.2) is 59.4 Å². The van der Waals surface area contributed by atoms with Crippen LogP contribution in [0.15, 0.2) is 88.7 Å². The van der Waals surface area contributed by atoms with Crippen molar-refractivity contribution in [2.45, 2.75) is 35.7 Å². The zero-order chi connectivity index (χ0) is 27.2. The van der Waals surface area contributed by atoms with Crippen molar-refractivity contribution in [2.75, 3.05) is 26.3 Å². The summed E-state index contributed by atoms with van der Waals surface area (Å²) in [5.41, 5.74) is 2.40. The van der Waals surface area contributed by atoms with Gasteiger partial charge in [-0.05, 0) is 48.7 Å². The molecule has 3 aromatic carbocycles. The summed E-state index contributed by atoms with van der Waals surface area (Å²) in [7, 11) is -7.57. The number of benzene rings is 3. The zero-order valence-electron chi connectivity index (χ0n) is 21.0. The summed E-state index contributed by atoms with van der Waals surface area (Å²) in [6.45, 7) is 3.31. The molecular weight excluding hydrogens is 526 g/mol. The fourth-order valence-corrected chi connectivity index (χ4v) is 6.64. The van der Waals surface area contributed by atoms with Gasteiger partial charge in [0.1, 0.15) is 6.04 Å². The molecule has 0 spiro atoms. The Kier molecular flexibility index (Phi) is 8.95. The molecule has 1 heterocycles. The highest BCUT2D eigenvalue weighted by atomic mass is 32.2. The van der Waals surface area contributed by atoms with E-state index >= 15 is 0 Å². The molecule has 1 aliphatic heterocycles. The Bertz CT molecular complexity index is 1440. The van der Waals surface area contributed by atoms with E-state index in [0.717, 1.165) is 11.1 Å². The minimum Gasteiger partial charge on any atom is -0.379 e. The summed E-state index contributed by atoms with van der Waals surface area (Å²) in [6.07, 6.45) is 0.161. The number of nitrogens with zero attached hydrogens (tertiary/aromatic N) is 1. The maximum atomic E-state index is 13.2. The van der Waals surface area contributed by atoms with Gasteiger partial charge in [0, 0.05) is 19.6 Å². The Morgan fingerprint density at radius 2 is 1.45 bits per heavy atom. The summed E-state index contributed by atoms with van der Waals surface area (Å²) in [5, 5.41) is 2.78. The van der Waals surface area contributed by atoms with Gasteiger partial charge in [-0.2, -0.15) is 9.03 Å².